The van der Waals surface area contributed by atoms with Gasteiger partial charge in [0.1, 0.15) is 11.2 Å². The quantitative estimate of drug-likeness (QED) is 0.649. The van der Waals surface area contributed by atoms with Crippen LogP contribution < -0.4 is 5.32 Å². The lowest BCUT2D eigenvalue weighted by Gasteiger charge is -2.06. The first-order valence-electron chi connectivity index (χ1n) is 6.72. The zero-order chi connectivity index (χ0) is 14.4. The molecule has 6 heteroatoms. The second-order valence-corrected chi connectivity index (χ2v) is 5.86. The van der Waals surface area contributed by atoms with Crippen molar-refractivity contribution in [2.75, 3.05) is 13.2 Å². The third-order valence-corrected chi connectivity index (χ3v) is 4.57. The highest BCUT2D eigenvalue weighted by atomic mass is 32.1. The Labute approximate surface area is 127 Å². The van der Waals surface area contributed by atoms with Gasteiger partial charge in [-0.3, -0.25) is 3.96 Å². The van der Waals surface area contributed by atoms with E-state index in [1.165, 1.54) is 0 Å². The van der Waals surface area contributed by atoms with Gasteiger partial charge in [0.05, 0.1) is 11.2 Å². The second-order valence-electron chi connectivity index (χ2n) is 4.41. The molecule has 0 aliphatic rings. The Kier molecular flexibility index (Phi) is 5.55. The van der Waals surface area contributed by atoms with E-state index in [-0.39, 0.29) is 6.09 Å². The summed E-state index contributed by atoms with van der Waals surface area (Å²) < 4.78 is 9.08. The van der Waals surface area contributed by atoms with Gasteiger partial charge in [0.2, 0.25) is 0 Å². The number of benzene rings is 1. The fourth-order valence-electron chi connectivity index (χ4n) is 1.80. The fraction of sp³-hybridized carbons (Fsp3) is 0.429. The zero-order valence-corrected chi connectivity index (χ0v) is 13.1. The number of hydrogen-bond donors (Lipinski definition) is 1. The van der Waals surface area contributed by atoms with Crippen LogP contribution in [0, 0.1) is 4.64 Å². The van der Waals surface area contributed by atoms with E-state index in [0.29, 0.717) is 19.7 Å². The number of nitrogens with zero attached hydrogens (tertiary/aromatic N) is 1. The van der Waals surface area contributed by atoms with Crippen molar-refractivity contribution in [3.8, 4) is 0 Å². The minimum atomic E-state index is -0.355. The molecule has 0 aliphatic heterocycles. The number of hydrogen-bond acceptors (Lipinski definition) is 4. The number of nitrogens with one attached hydrogen (secondary N) is 1. The molecule has 0 spiro atoms. The molecule has 20 heavy (non-hydrogen) atoms. The van der Waals surface area contributed by atoms with Gasteiger partial charge in [-0.2, -0.15) is 0 Å². The molecule has 0 radical (unpaired) electrons. The first kappa shape index (κ1) is 15.0. The molecule has 108 valence electrons. The number of alkyl carbamates (subject to hydrolysis) is 1. The van der Waals surface area contributed by atoms with Crippen LogP contribution in [0.25, 0.3) is 10.1 Å². The van der Waals surface area contributed by atoms with Gasteiger partial charge in [-0.05, 0) is 12.5 Å². The van der Waals surface area contributed by atoms with Crippen LogP contribution in [0.15, 0.2) is 24.3 Å². The molecule has 0 aliphatic carbocycles. The van der Waals surface area contributed by atoms with Crippen molar-refractivity contribution in [2.24, 2.45) is 0 Å². The van der Waals surface area contributed by atoms with Crippen LogP contribution in [0.5, 0.6) is 0 Å². The number of unbranched alkanes of at least 4 members (excludes halogenated alkanes) is 1. The molecule has 0 atom stereocenters. The van der Waals surface area contributed by atoms with Crippen molar-refractivity contribution in [3.05, 3.63) is 28.9 Å². The van der Waals surface area contributed by atoms with Crippen molar-refractivity contribution in [1.29, 1.82) is 0 Å². The van der Waals surface area contributed by atoms with Crippen molar-refractivity contribution < 1.29 is 9.53 Å². The van der Waals surface area contributed by atoms with Gasteiger partial charge >= 0.3 is 6.09 Å². The third-order valence-electron chi connectivity index (χ3n) is 2.88. The molecule has 0 fully saturated rings. The molecular formula is C14H18N2O2S2. The molecule has 1 N–H and O–H groups in total. The number of carbonyl (C=O) groups excluding carboxylic acids is 1. The first-order valence-corrected chi connectivity index (χ1v) is 7.90. The minimum Gasteiger partial charge on any atom is -0.448 e. The lowest BCUT2D eigenvalue weighted by atomic mass is 10.3. The average Bonchev–Trinajstić information content (AvgIpc) is 2.77. The van der Waals surface area contributed by atoms with Gasteiger partial charge in [0, 0.05) is 11.9 Å². The van der Waals surface area contributed by atoms with Crippen LogP contribution in [0.1, 0.15) is 19.8 Å². The maximum absolute atomic E-state index is 11.4. The van der Waals surface area contributed by atoms with Gasteiger partial charge in [-0.25, -0.2) is 4.79 Å². The predicted molar refractivity (Wildman–Crippen MR) is 84.9 cm³/mol. The van der Waals surface area contributed by atoms with E-state index in [1.807, 2.05) is 28.2 Å². The van der Waals surface area contributed by atoms with Crippen molar-refractivity contribution in [1.82, 2.24) is 9.27 Å². The van der Waals surface area contributed by atoms with Crippen molar-refractivity contribution in [3.63, 3.8) is 0 Å². The van der Waals surface area contributed by atoms with E-state index >= 15 is 0 Å². The third kappa shape index (κ3) is 3.80. The number of aromatic nitrogens is 1. The molecule has 1 aromatic heterocycles. The number of rotatable bonds is 6. The Balaban J connectivity index is 1.85. The van der Waals surface area contributed by atoms with Gasteiger partial charge < -0.3 is 10.1 Å². The van der Waals surface area contributed by atoms with Crippen LogP contribution in [0.3, 0.4) is 0 Å². The van der Waals surface area contributed by atoms with Crippen LogP contribution in [0.4, 0.5) is 4.79 Å². The smallest absolute Gasteiger partial charge is 0.407 e. The van der Waals surface area contributed by atoms with E-state index in [9.17, 15) is 4.79 Å². The highest BCUT2D eigenvalue weighted by molar-refractivity contribution is 7.71. The number of ether oxygens (including phenoxy) is 1. The molecule has 0 unspecified atom stereocenters. The number of carbonyl (C=O) groups is 1. The van der Waals surface area contributed by atoms with Crippen LogP contribution in [0.2, 0.25) is 0 Å². The molecule has 0 saturated carbocycles. The highest BCUT2D eigenvalue weighted by Gasteiger charge is 2.05. The van der Waals surface area contributed by atoms with Gasteiger partial charge in [-0.1, -0.05) is 55.3 Å². The Morgan fingerprint density at radius 2 is 2.25 bits per heavy atom. The van der Waals surface area contributed by atoms with Gasteiger partial charge in [-0.15, -0.1) is 0 Å². The highest BCUT2D eigenvalue weighted by Crippen LogP contribution is 2.22. The second kappa shape index (κ2) is 7.40. The van der Waals surface area contributed by atoms with E-state index in [4.69, 9.17) is 17.0 Å². The number of amides is 1. The lowest BCUT2D eigenvalue weighted by Crippen LogP contribution is -2.26. The topological polar surface area (TPSA) is 43.3 Å². The van der Waals surface area contributed by atoms with E-state index in [2.05, 4.69) is 12.2 Å². The summed E-state index contributed by atoms with van der Waals surface area (Å²) in [5, 5.41) is 3.80. The Morgan fingerprint density at radius 1 is 1.45 bits per heavy atom. The SMILES string of the molecule is CCCCNC(=O)OCCn1sc2ccccc2c1=S. The molecular weight excluding hydrogens is 292 g/mol. The molecule has 2 aromatic rings. The first-order chi connectivity index (χ1) is 9.72. The average molecular weight is 310 g/mol. The summed E-state index contributed by atoms with van der Waals surface area (Å²) in [5.74, 6) is 0. The normalized spacial score (nSPS) is 10.7. The minimum absolute atomic E-state index is 0.332. The van der Waals surface area contributed by atoms with Crippen molar-refractivity contribution >= 4 is 39.9 Å². The van der Waals surface area contributed by atoms with E-state index in [0.717, 1.165) is 27.6 Å². The number of fused-ring (bicyclic) bond motifs is 1. The molecule has 2 rings (SSSR count). The lowest BCUT2D eigenvalue weighted by molar-refractivity contribution is 0.143. The summed E-state index contributed by atoms with van der Waals surface area (Å²) in [4.78, 5) is 11.4. The molecule has 1 amide bonds. The van der Waals surface area contributed by atoms with Gasteiger partial charge in [0.25, 0.3) is 0 Å². The summed E-state index contributed by atoms with van der Waals surface area (Å²) in [5.41, 5.74) is 0. The van der Waals surface area contributed by atoms with Crippen LogP contribution in [-0.4, -0.2) is 23.2 Å². The Morgan fingerprint density at radius 3 is 3.00 bits per heavy atom. The molecule has 4 nitrogen and oxygen atoms in total. The van der Waals surface area contributed by atoms with Gasteiger partial charge in [0.15, 0.2) is 0 Å². The molecule has 0 bridgehead atoms. The summed E-state index contributed by atoms with van der Waals surface area (Å²) in [6.45, 7) is 3.67. The fourth-order valence-corrected chi connectivity index (χ4v) is 3.24. The standard InChI is InChI=1S/C14H18N2O2S2/c1-2-3-8-15-14(17)18-10-9-16-13(19)11-6-4-5-7-12(11)20-16/h4-7H,2-3,8-10H2,1H3,(H,15,17). The molecule has 0 saturated heterocycles. The summed E-state index contributed by atoms with van der Waals surface area (Å²) >= 11 is 7.01. The largest absolute Gasteiger partial charge is 0.448 e. The molecule has 1 heterocycles. The maximum atomic E-state index is 11.4. The summed E-state index contributed by atoms with van der Waals surface area (Å²) in [6.07, 6.45) is 1.67. The predicted octanol–water partition coefficient (Wildman–Crippen LogP) is 3.96. The van der Waals surface area contributed by atoms with E-state index < -0.39 is 0 Å². The monoisotopic (exact) mass is 310 g/mol. The summed E-state index contributed by atoms with van der Waals surface area (Å²) in [6, 6.07) is 8.04. The van der Waals surface area contributed by atoms with E-state index in [1.54, 1.807) is 11.5 Å². The zero-order valence-electron chi connectivity index (χ0n) is 11.4. The molecule has 1 aromatic carbocycles. The summed E-state index contributed by atoms with van der Waals surface area (Å²) in [7, 11) is 0. The Bertz CT molecular complexity index is 633. The van der Waals surface area contributed by atoms with Crippen LogP contribution in [-0.2, 0) is 11.3 Å². The van der Waals surface area contributed by atoms with Crippen molar-refractivity contribution in [2.45, 2.75) is 26.3 Å². The Hall–Kier alpha value is -1.40. The van der Waals surface area contributed by atoms with Crippen LogP contribution >= 0.6 is 23.8 Å². The maximum Gasteiger partial charge on any atom is 0.407 e.